The Morgan fingerprint density at radius 1 is 1.52 bits per heavy atom. The Morgan fingerprint density at radius 3 is 2.94 bits per heavy atom. The van der Waals surface area contributed by atoms with Crippen LogP contribution in [0.4, 0.5) is 23.5 Å². The summed E-state index contributed by atoms with van der Waals surface area (Å²) in [6.45, 7) is 7.96. The van der Waals surface area contributed by atoms with E-state index in [-0.39, 0.29) is 11.2 Å². The molecule has 0 aromatic carbocycles. The first-order valence-electron chi connectivity index (χ1n) is 10.1. The van der Waals surface area contributed by atoms with Crippen molar-refractivity contribution in [1.29, 1.82) is 0 Å². The van der Waals surface area contributed by atoms with E-state index in [0.29, 0.717) is 31.1 Å². The summed E-state index contributed by atoms with van der Waals surface area (Å²) in [5.41, 5.74) is -0.669. The Balaban J connectivity index is 1.80. The zero-order chi connectivity index (χ0) is 22.8. The van der Waals surface area contributed by atoms with Gasteiger partial charge in [0.25, 0.3) is 5.92 Å². The molecule has 3 rings (SSSR count). The van der Waals surface area contributed by atoms with E-state index in [9.17, 15) is 18.4 Å². The standard InChI is InChI=1S/C19H29F2N5O4S/c1-12-8-25(5-6-29-12)9-13(26-11-19(20,21)10-23-16(26)27)14-7-22-15(31-14)24-17(28)30-18(2,3)4/h7,12-13H,5-6,8-11H2,1-4H3,(H,23,27)(H,22,24,28)/t12-,13?/m1/s1. The van der Waals surface area contributed by atoms with Crippen molar-refractivity contribution in [2.45, 2.75) is 51.4 Å². The normalized spacial score (nSPS) is 23.2. The fourth-order valence-corrected chi connectivity index (χ4v) is 4.37. The third kappa shape index (κ3) is 6.71. The number of hydrogen-bond donors (Lipinski definition) is 2. The van der Waals surface area contributed by atoms with Crippen molar-refractivity contribution in [2.75, 3.05) is 44.6 Å². The van der Waals surface area contributed by atoms with E-state index in [1.165, 1.54) is 6.20 Å². The van der Waals surface area contributed by atoms with Gasteiger partial charge in [-0.25, -0.2) is 23.4 Å². The van der Waals surface area contributed by atoms with E-state index in [0.717, 1.165) is 16.2 Å². The summed E-state index contributed by atoms with van der Waals surface area (Å²) < 4.78 is 39.0. The topological polar surface area (TPSA) is 96.0 Å². The van der Waals surface area contributed by atoms with E-state index >= 15 is 0 Å². The monoisotopic (exact) mass is 461 g/mol. The second-order valence-corrected chi connectivity index (χ2v) is 9.86. The lowest BCUT2D eigenvalue weighted by atomic mass is 10.1. The van der Waals surface area contributed by atoms with Crippen molar-refractivity contribution in [1.82, 2.24) is 20.1 Å². The maximum Gasteiger partial charge on any atom is 0.413 e. The predicted molar refractivity (Wildman–Crippen MR) is 112 cm³/mol. The number of carbonyl (C=O) groups is 2. The summed E-state index contributed by atoms with van der Waals surface area (Å²) in [5.74, 6) is -3.03. The number of hydrogen-bond acceptors (Lipinski definition) is 7. The zero-order valence-electron chi connectivity index (χ0n) is 18.1. The minimum atomic E-state index is -3.03. The number of carbonyl (C=O) groups excluding carboxylic acids is 2. The first-order valence-corrected chi connectivity index (χ1v) is 11.0. The lowest BCUT2D eigenvalue weighted by molar-refractivity contribution is -0.0559. The molecule has 2 aliphatic heterocycles. The number of ether oxygens (including phenoxy) is 2. The van der Waals surface area contributed by atoms with Gasteiger partial charge in [0.2, 0.25) is 0 Å². The maximum atomic E-state index is 14.1. The molecular weight excluding hydrogens is 432 g/mol. The van der Waals surface area contributed by atoms with E-state index < -0.39 is 42.8 Å². The molecule has 2 fully saturated rings. The average Bonchev–Trinajstić information content (AvgIpc) is 3.08. The van der Waals surface area contributed by atoms with Gasteiger partial charge in [-0.05, 0) is 27.7 Å². The number of nitrogens with zero attached hydrogens (tertiary/aromatic N) is 3. The quantitative estimate of drug-likeness (QED) is 0.700. The SMILES string of the molecule is C[C@@H]1CN(CC(c2cnc(NC(=O)OC(C)(C)C)s2)N2CC(F)(F)CNC2=O)CCO1. The number of thiazole rings is 1. The molecule has 31 heavy (non-hydrogen) atoms. The van der Waals surface area contributed by atoms with Gasteiger partial charge in [0, 0.05) is 25.8 Å². The number of aromatic nitrogens is 1. The molecule has 2 saturated heterocycles. The van der Waals surface area contributed by atoms with Gasteiger partial charge in [-0.15, -0.1) is 0 Å². The van der Waals surface area contributed by atoms with Crippen LogP contribution in [0.15, 0.2) is 6.20 Å². The first kappa shape index (κ1) is 23.6. The molecule has 9 nitrogen and oxygen atoms in total. The van der Waals surface area contributed by atoms with Gasteiger partial charge in [0.15, 0.2) is 5.13 Å². The number of urea groups is 1. The van der Waals surface area contributed by atoms with Crippen LogP contribution in [0.25, 0.3) is 0 Å². The molecule has 2 N–H and O–H groups in total. The van der Waals surface area contributed by atoms with Gasteiger partial charge >= 0.3 is 12.1 Å². The summed E-state index contributed by atoms with van der Waals surface area (Å²) in [6, 6.07) is -1.20. The fraction of sp³-hybridized carbons (Fsp3) is 0.737. The number of halogens is 2. The zero-order valence-corrected chi connectivity index (χ0v) is 18.9. The molecule has 2 aliphatic rings. The molecule has 2 atom stereocenters. The highest BCUT2D eigenvalue weighted by atomic mass is 32.1. The molecule has 0 radical (unpaired) electrons. The number of morpholine rings is 1. The van der Waals surface area contributed by atoms with Crippen LogP contribution in [0.1, 0.15) is 38.6 Å². The molecule has 1 aromatic heterocycles. The van der Waals surface area contributed by atoms with Crippen molar-refractivity contribution in [3.05, 3.63) is 11.1 Å². The predicted octanol–water partition coefficient (Wildman–Crippen LogP) is 2.91. The second kappa shape index (κ2) is 9.21. The Kier molecular flexibility index (Phi) is 7.01. The van der Waals surface area contributed by atoms with Gasteiger partial charge < -0.3 is 19.7 Å². The summed E-state index contributed by atoms with van der Waals surface area (Å²) in [6.07, 6.45) is 0.859. The first-order chi connectivity index (χ1) is 14.4. The van der Waals surface area contributed by atoms with Crippen LogP contribution in [0, 0.1) is 0 Å². The third-order valence-electron chi connectivity index (χ3n) is 4.75. The minimum absolute atomic E-state index is 0.0110. The number of nitrogens with one attached hydrogen (secondary N) is 2. The van der Waals surface area contributed by atoms with Crippen LogP contribution in [0.2, 0.25) is 0 Å². The summed E-state index contributed by atoms with van der Waals surface area (Å²) >= 11 is 1.13. The fourth-order valence-electron chi connectivity index (χ4n) is 3.47. The summed E-state index contributed by atoms with van der Waals surface area (Å²) in [7, 11) is 0. The van der Waals surface area contributed by atoms with Crippen molar-refractivity contribution >= 4 is 28.6 Å². The summed E-state index contributed by atoms with van der Waals surface area (Å²) in [4.78, 5) is 32.5. The Bertz CT molecular complexity index is 801. The van der Waals surface area contributed by atoms with Gasteiger partial charge in [-0.2, -0.15) is 0 Å². The van der Waals surface area contributed by atoms with Crippen molar-refractivity contribution in [3.63, 3.8) is 0 Å². The van der Waals surface area contributed by atoms with Crippen molar-refractivity contribution < 1.29 is 27.8 Å². The van der Waals surface area contributed by atoms with E-state index in [1.54, 1.807) is 20.8 Å². The van der Waals surface area contributed by atoms with Crippen LogP contribution in [-0.2, 0) is 9.47 Å². The van der Waals surface area contributed by atoms with E-state index in [2.05, 4.69) is 20.5 Å². The molecule has 12 heteroatoms. The smallest absolute Gasteiger partial charge is 0.413 e. The lowest BCUT2D eigenvalue weighted by Gasteiger charge is -2.41. The van der Waals surface area contributed by atoms with Crippen LogP contribution in [0.5, 0.6) is 0 Å². The number of amides is 3. The maximum absolute atomic E-state index is 14.1. The summed E-state index contributed by atoms with van der Waals surface area (Å²) in [5, 5.41) is 5.10. The van der Waals surface area contributed by atoms with Gasteiger partial charge in [0.1, 0.15) is 5.60 Å². The molecule has 3 heterocycles. The number of rotatable bonds is 5. The lowest BCUT2D eigenvalue weighted by Crippen LogP contribution is -2.59. The van der Waals surface area contributed by atoms with Crippen LogP contribution in [0.3, 0.4) is 0 Å². The molecule has 1 unspecified atom stereocenters. The van der Waals surface area contributed by atoms with Gasteiger partial charge in [-0.1, -0.05) is 11.3 Å². The van der Waals surface area contributed by atoms with Crippen molar-refractivity contribution in [3.8, 4) is 0 Å². The molecular formula is C19H29F2N5O4S. The van der Waals surface area contributed by atoms with Crippen molar-refractivity contribution in [2.24, 2.45) is 0 Å². The highest BCUT2D eigenvalue weighted by Gasteiger charge is 2.43. The molecule has 1 aromatic rings. The van der Waals surface area contributed by atoms with Gasteiger partial charge in [0.05, 0.1) is 36.7 Å². The Morgan fingerprint density at radius 2 is 2.26 bits per heavy atom. The largest absolute Gasteiger partial charge is 0.444 e. The van der Waals surface area contributed by atoms with Crippen LogP contribution >= 0.6 is 11.3 Å². The number of anilines is 1. The highest BCUT2D eigenvalue weighted by Crippen LogP contribution is 2.33. The molecule has 0 spiro atoms. The molecule has 0 bridgehead atoms. The Labute approximate surface area is 184 Å². The molecule has 0 saturated carbocycles. The molecule has 0 aliphatic carbocycles. The Hall–Kier alpha value is -2.05. The highest BCUT2D eigenvalue weighted by molar-refractivity contribution is 7.15. The van der Waals surface area contributed by atoms with E-state index in [1.807, 2.05) is 6.92 Å². The van der Waals surface area contributed by atoms with E-state index in [4.69, 9.17) is 9.47 Å². The second-order valence-electron chi connectivity index (χ2n) is 8.79. The molecule has 3 amide bonds. The number of alkyl halides is 2. The minimum Gasteiger partial charge on any atom is -0.444 e. The van der Waals surface area contributed by atoms with Crippen LogP contribution in [-0.4, -0.2) is 83.9 Å². The average molecular weight is 462 g/mol. The van der Waals surface area contributed by atoms with Crippen LogP contribution < -0.4 is 10.6 Å². The molecule has 174 valence electrons. The van der Waals surface area contributed by atoms with Gasteiger partial charge in [-0.3, -0.25) is 10.2 Å². The third-order valence-corrected chi connectivity index (χ3v) is 5.77.